The van der Waals surface area contributed by atoms with Gasteiger partial charge in [0.05, 0.1) is 5.41 Å². The molecular weight excluding hydrogens is 299 g/mol. The molecule has 0 spiro atoms. The highest BCUT2D eigenvalue weighted by atomic mass is 19.1. The van der Waals surface area contributed by atoms with Gasteiger partial charge in [0.1, 0.15) is 5.82 Å². The molecule has 0 aromatic heterocycles. The van der Waals surface area contributed by atoms with Crippen LogP contribution in [0.25, 0.3) is 0 Å². The molecule has 3 rings (SSSR count). The predicted octanol–water partition coefficient (Wildman–Crippen LogP) is 2.58. The number of carbonyl (C=O) groups excluding carboxylic acids is 1. The maximum absolute atomic E-state index is 13.7. The molecule has 1 heterocycles. The number of carboxylic acids is 1. The monoisotopic (exact) mass is 320 g/mol. The lowest BCUT2D eigenvalue weighted by Gasteiger charge is -2.37. The molecule has 2 N–H and O–H groups in total. The Morgan fingerprint density at radius 2 is 2.04 bits per heavy atom. The molecule has 2 amide bonds. The van der Waals surface area contributed by atoms with Crippen LogP contribution in [0.15, 0.2) is 24.3 Å². The lowest BCUT2D eigenvalue weighted by Crippen LogP contribution is -2.49. The minimum Gasteiger partial charge on any atom is -0.481 e. The second kappa shape index (κ2) is 5.83. The molecule has 1 aromatic rings. The van der Waals surface area contributed by atoms with E-state index in [4.69, 9.17) is 0 Å². The fraction of sp³-hybridized carbons (Fsp3) is 0.529. The van der Waals surface area contributed by atoms with E-state index in [9.17, 15) is 19.1 Å². The standard InChI is InChI=1S/C17H21FN2O3/c1-17(15(21)22)6-7-20(10-17)16(23)19-12-8-11(9-12)13-4-2-3-5-14(13)18/h2-5,11-12H,6-10H2,1H3,(H,19,23)(H,21,22). The van der Waals surface area contributed by atoms with Crippen molar-refractivity contribution in [2.75, 3.05) is 13.1 Å². The lowest BCUT2D eigenvalue weighted by atomic mass is 9.76. The smallest absolute Gasteiger partial charge is 0.317 e. The van der Waals surface area contributed by atoms with Crippen LogP contribution in [0.3, 0.4) is 0 Å². The van der Waals surface area contributed by atoms with Gasteiger partial charge in [-0.15, -0.1) is 0 Å². The van der Waals surface area contributed by atoms with E-state index in [1.807, 2.05) is 6.07 Å². The number of aliphatic carboxylic acids is 1. The third-order valence-corrected chi connectivity index (χ3v) is 5.09. The number of carbonyl (C=O) groups is 2. The van der Waals surface area contributed by atoms with Crippen molar-refractivity contribution in [1.82, 2.24) is 10.2 Å². The summed E-state index contributed by atoms with van der Waals surface area (Å²) in [6, 6.07) is 6.55. The van der Waals surface area contributed by atoms with Crippen molar-refractivity contribution < 1.29 is 19.1 Å². The van der Waals surface area contributed by atoms with Crippen molar-refractivity contribution in [2.45, 2.75) is 38.1 Å². The first kappa shape index (κ1) is 15.8. The number of carboxylic acid groups (broad SMARTS) is 1. The van der Waals surface area contributed by atoms with Crippen molar-refractivity contribution in [3.63, 3.8) is 0 Å². The second-order valence-electron chi connectivity index (χ2n) is 6.87. The molecule has 1 atom stereocenters. The summed E-state index contributed by atoms with van der Waals surface area (Å²) < 4.78 is 13.7. The maximum atomic E-state index is 13.7. The number of benzene rings is 1. The fourth-order valence-corrected chi connectivity index (χ4v) is 3.37. The van der Waals surface area contributed by atoms with E-state index in [-0.39, 0.29) is 30.4 Å². The topological polar surface area (TPSA) is 69.6 Å². The predicted molar refractivity (Wildman–Crippen MR) is 82.6 cm³/mol. The summed E-state index contributed by atoms with van der Waals surface area (Å²) in [5.41, 5.74) is -0.148. The normalized spacial score (nSPS) is 29.9. The van der Waals surface area contributed by atoms with Crippen LogP contribution in [0.4, 0.5) is 9.18 Å². The number of hydrogen-bond acceptors (Lipinski definition) is 2. The Kier molecular flexibility index (Phi) is 4.00. The van der Waals surface area contributed by atoms with E-state index in [2.05, 4.69) is 5.32 Å². The summed E-state index contributed by atoms with van der Waals surface area (Å²) in [5, 5.41) is 12.1. The number of amides is 2. The Hall–Kier alpha value is -2.11. The first-order valence-corrected chi connectivity index (χ1v) is 7.92. The average molecular weight is 320 g/mol. The third kappa shape index (κ3) is 3.02. The molecule has 1 unspecified atom stereocenters. The summed E-state index contributed by atoms with van der Waals surface area (Å²) in [7, 11) is 0. The third-order valence-electron chi connectivity index (χ3n) is 5.09. The van der Waals surface area contributed by atoms with Gasteiger partial charge in [0.15, 0.2) is 0 Å². The zero-order valence-corrected chi connectivity index (χ0v) is 13.1. The van der Waals surface area contributed by atoms with Crippen LogP contribution in [0.1, 0.15) is 37.7 Å². The van der Waals surface area contributed by atoms with Crippen molar-refractivity contribution in [2.24, 2.45) is 5.41 Å². The Balaban J connectivity index is 1.50. The summed E-state index contributed by atoms with van der Waals surface area (Å²) in [6.45, 7) is 2.36. The van der Waals surface area contributed by atoms with Gasteiger partial charge in [0, 0.05) is 19.1 Å². The number of halogens is 1. The van der Waals surface area contributed by atoms with Crippen LogP contribution in [-0.2, 0) is 4.79 Å². The molecule has 1 saturated heterocycles. The van der Waals surface area contributed by atoms with Gasteiger partial charge in [-0.25, -0.2) is 9.18 Å². The lowest BCUT2D eigenvalue weighted by molar-refractivity contribution is -0.147. The maximum Gasteiger partial charge on any atom is 0.317 e. The van der Waals surface area contributed by atoms with Crippen molar-refractivity contribution in [1.29, 1.82) is 0 Å². The Labute approximate surface area is 134 Å². The molecule has 124 valence electrons. The summed E-state index contributed by atoms with van der Waals surface area (Å²) in [5.74, 6) is -0.917. The molecule has 1 aliphatic heterocycles. The molecule has 1 aliphatic carbocycles. The SMILES string of the molecule is CC1(C(=O)O)CCN(C(=O)NC2CC(c3ccccc3F)C2)C1. The summed E-state index contributed by atoms with van der Waals surface area (Å²) >= 11 is 0. The fourth-order valence-electron chi connectivity index (χ4n) is 3.37. The first-order valence-electron chi connectivity index (χ1n) is 7.92. The molecule has 1 aromatic carbocycles. The molecular formula is C17H21FN2O3. The van der Waals surface area contributed by atoms with Crippen LogP contribution >= 0.6 is 0 Å². The highest BCUT2D eigenvalue weighted by Gasteiger charge is 2.43. The molecule has 5 nitrogen and oxygen atoms in total. The molecule has 2 fully saturated rings. The highest BCUT2D eigenvalue weighted by molar-refractivity contribution is 5.79. The van der Waals surface area contributed by atoms with Crippen molar-refractivity contribution >= 4 is 12.0 Å². The van der Waals surface area contributed by atoms with E-state index < -0.39 is 11.4 Å². The summed E-state index contributed by atoms with van der Waals surface area (Å²) in [6.07, 6.45) is 1.91. The van der Waals surface area contributed by atoms with Crippen LogP contribution in [0.2, 0.25) is 0 Å². The van der Waals surface area contributed by atoms with E-state index >= 15 is 0 Å². The van der Waals surface area contributed by atoms with Crippen molar-refractivity contribution in [3.8, 4) is 0 Å². The van der Waals surface area contributed by atoms with E-state index in [0.29, 0.717) is 18.5 Å². The van der Waals surface area contributed by atoms with Gasteiger partial charge in [-0.2, -0.15) is 0 Å². The number of rotatable bonds is 3. The Morgan fingerprint density at radius 3 is 2.65 bits per heavy atom. The number of nitrogens with one attached hydrogen (secondary N) is 1. The van der Waals surface area contributed by atoms with Gasteiger partial charge in [-0.05, 0) is 43.7 Å². The highest BCUT2D eigenvalue weighted by Crippen LogP contribution is 2.38. The van der Waals surface area contributed by atoms with Crippen LogP contribution < -0.4 is 5.32 Å². The molecule has 1 saturated carbocycles. The van der Waals surface area contributed by atoms with Crippen molar-refractivity contribution in [3.05, 3.63) is 35.6 Å². The molecule has 0 radical (unpaired) electrons. The number of urea groups is 1. The van der Waals surface area contributed by atoms with Gasteiger partial charge in [-0.1, -0.05) is 18.2 Å². The van der Waals surface area contributed by atoms with Crippen LogP contribution in [0, 0.1) is 11.2 Å². The first-order chi connectivity index (χ1) is 10.9. The largest absolute Gasteiger partial charge is 0.481 e. The zero-order valence-electron chi connectivity index (χ0n) is 13.1. The van der Waals surface area contributed by atoms with Gasteiger partial charge in [-0.3, -0.25) is 4.79 Å². The Morgan fingerprint density at radius 1 is 1.35 bits per heavy atom. The van der Waals surface area contributed by atoms with E-state index in [0.717, 1.165) is 12.8 Å². The number of nitrogens with zero attached hydrogens (tertiary/aromatic N) is 1. The van der Waals surface area contributed by atoms with Gasteiger partial charge in [0.2, 0.25) is 0 Å². The minimum atomic E-state index is -0.865. The van der Waals surface area contributed by atoms with Gasteiger partial charge >= 0.3 is 12.0 Å². The molecule has 0 bridgehead atoms. The molecule has 2 aliphatic rings. The second-order valence-corrected chi connectivity index (χ2v) is 6.87. The minimum absolute atomic E-state index is 0.0313. The zero-order chi connectivity index (χ0) is 16.6. The molecule has 23 heavy (non-hydrogen) atoms. The van der Waals surface area contributed by atoms with Crippen LogP contribution in [-0.4, -0.2) is 41.1 Å². The van der Waals surface area contributed by atoms with Gasteiger partial charge < -0.3 is 15.3 Å². The van der Waals surface area contributed by atoms with E-state index in [1.54, 1.807) is 24.0 Å². The average Bonchev–Trinajstić information content (AvgIpc) is 2.87. The van der Waals surface area contributed by atoms with E-state index in [1.165, 1.54) is 6.07 Å². The Bertz CT molecular complexity index is 630. The summed E-state index contributed by atoms with van der Waals surface area (Å²) in [4.78, 5) is 25.0. The van der Waals surface area contributed by atoms with Crippen LogP contribution in [0.5, 0.6) is 0 Å². The number of likely N-dealkylation sites (tertiary alicyclic amines) is 1. The number of hydrogen-bond donors (Lipinski definition) is 2. The molecule has 6 heteroatoms. The van der Waals surface area contributed by atoms with Gasteiger partial charge in [0.25, 0.3) is 0 Å². The quantitative estimate of drug-likeness (QED) is 0.899.